The van der Waals surface area contributed by atoms with Gasteiger partial charge in [-0.15, -0.1) is 0 Å². The third kappa shape index (κ3) is 2.06. The molecule has 1 aliphatic heterocycles. The molecule has 0 saturated heterocycles. The number of nitrogens with zero attached hydrogens (tertiary/aromatic N) is 1. The number of likely N-dealkylation sites (N-methyl/N-ethyl adjacent to an activating group) is 1. The van der Waals surface area contributed by atoms with Gasteiger partial charge in [0, 0.05) is 17.0 Å². The van der Waals surface area contributed by atoms with E-state index >= 15 is 0 Å². The van der Waals surface area contributed by atoms with Gasteiger partial charge in [-0.05, 0) is 57.1 Å². The second kappa shape index (κ2) is 4.69. The highest BCUT2D eigenvalue weighted by molar-refractivity contribution is 6.36. The van der Waals surface area contributed by atoms with Gasteiger partial charge in [0.25, 0.3) is 0 Å². The van der Waals surface area contributed by atoms with E-state index in [4.69, 9.17) is 27.9 Å². The van der Waals surface area contributed by atoms with Gasteiger partial charge in [0.1, 0.15) is 5.75 Å². The smallest absolute Gasteiger partial charge is 0.185 e. The summed E-state index contributed by atoms with van der Waals surface area (Å²) in [4.78, 5) is 2.16. The molecule has 1 saturated carbocycles. The molecule has 0 radical (unpaired) electrons. The lowest BCUT2D eigenvalue weighted by molar-refractivity contribution is -0.0450. The summed E-state index contributed by atoms with van der Waals surface area (Å²) >= 11 is 12.4. The fraction of sp³-hybridized carbons (Fsp3) is 0.467. The molecule has 0 N–H and O–H groups in total. The Kier molecular flexibility index (Phi) is 3.28. The highest BCUT2D eigenvalue weighted by Crippen LogP contribution is 2.47. The summed E-state index contributed by atoms with van der Waals surface area (Å²) in [5, 5.41) is 1.24. The third-order valence-electron chi connectivity index (χ3n) is 4.07. The third-order valence-corrected chi connectivity index (χ3v) is 4.57. The zero-order valence-electron chi connectivity index (χ0n) is 11.2. The quantitative estimate of drug-likeness (QED) is 0.751. The summed E-state index contributed by atoms with van der Waals surface area (Å²) in [6, 6.07) is 3.66. The maximum absolute atomic E-state index is 6.34. The molecule has 1 aliphatic carbocycles. The molecule has 1 atom stereocenters. The van der Waals surface area contributed by atoms with Gasteiger partial charge in [0.15, 0.2) is 5.72 Å². The molecule has 2 nitrogen and oxygen atoms in total. The molecule has 1 unspecified atom stereocenters. The van der Waals surface area contributed by atoms with Crippen molar-refractivity contribution in [3.63, 3.8) is 0 Å². The molecule has 0 amide bonds. The van der Waals surface area contributed by atoms with E-state index in [-0.39, 0.29) is 5.72 Å². The molecule has 1 fully saturated rings. The summed E-state index contributed by atoms with van der Waals surface area (Å²) in [5.41, 5.74) is 1.99. The van der Waals surface area contributed by atoms with Gasteiger partial charge in [-0.1, -0.05) is 23.2 Å². The van der Waals surface area contributed by atoms with Gasteiger partial charge in [0.05, 0.1) is 5.02 Å². The van der Waals surface area contributed by atoms with Gasteiger partial charge in [-0.2, -0.15) is 0 Å². The zero-order valence-corrected chi connectivity index (χ0v) is 12.7. The Morgan fingerprint density at radius 2 is 2.00 bits per heavy atom. The Bertz CT molecular complexity index is 553. The van der Waals surface area contributed by atoms with Crippen molar-refractivity contribution in [1.82, 2.24) is 4.90 Å². The van der Waals surface area contributed by atoms with Crippen LogP contribution < -0.4 is 4.74 Å². The fourth-order valence-corrected chi connectivity index (χ4v) is 3.64. The van der Waals surface area contributed by atoms with Crippen LogP contribution in [0.4, 0.5) is 0 Å². The minimum Gasteiger partial charge on any atom is -0.467 e. The molecule has 0 bridgehead atoms. The van der Waals surface area contributed by atoms with Crippen molar-refractivity contribution in [3.8, 4) is 5.75 Å². The lowest BCUT2D eigenvalue weighted by Gasteiger charge is -2.47. The van der Waals surface area contributed by atoms with Crippen LogP contribution in [0.3, 0.4) is 0 Å². The molecular formula is C15H17Cl2NO. The second-order valence-electron chi connectivity index (χ2n) is 5.46. The minimum absolute atomic E-state index is 0.331. The summed E-state index contributed by atoms with van der Waals surface area (Å²) in [7, 11) is 4.13. The molecule has 0 spiro atoms. The van der Waals surface area contributed by atoms with Crippen LogP contribution >= 0.6 is 23.2 Å². The number of rotatable bonds is 1. The van der Waals surface area contributed by atoms with E-state index in [1.54, 1.807) is 6.07 Å². The Morgan fingerprint density at radius 1 is 1.21 bits per heavy atom. The van der Waals surface area contributed by atoms with E-state index in [9.17, 15) is 0 Å². The monoisotopic (exact) mass is 297 g/mol. The van der Waals surface area contributed by atoms with Crippen LogP contribution in [0.25, 0.3) is 6.08 Å². The summed E-state index contributed by atoms with van der Waals surface area (Å²) in [6.07, 6.45) is 6.67. The molecule has 102 valence electrons. The number of benzene rings is 1. The zero-order chi connectivity index (χ0) is 13.6. The van der Waals surface area contributed by atoms with Gasteiger partial charge < -0.3 is 4.74 Å². The maximum atomic E-state index is 6.34. The first-order chi connectivity index (χ1) is 9.03. The van der Waals surface area contributed by atoms with E-state index in [2.05, 4.69) is 25.1 Å². The lowest BCUT2D eigenvalue weighted by atomic mass is 9.82. The van der Waals surface area contributed by atoms with Crippen LogP contribution in [0.5, 0.6) is 5.75 Å². The molecule has 2 aliphatic rings. The average molecular weight is 298 g/mol. The number of hydrogen-bond acceptors (Lipinski definition) is 2. The number of fused-ring (bicyclic) bond motifs is 2. The number of ether oxygens (including phenoxy) is 1. The molecular weight excluding hydrogens is 281 g/mol. The first-order valence-electron chi connectivity index (χ1n) is 6.59. The SMILES string of the molecule is CN(C)C12CCCCC1=Cc1cc(Cl)cc(Cl)c1O2. The van der Waals surface area contributed by atoms with Gasteiger partial charge in [0.2, 0.25) is 0 Å². The van der Waals surface area contributed by atoms with Crippen molar-refractivity contribution in [2.24, 2.45) is 0 Å². The molecule has 19 heavy (non-hydrogen) atoms. The van der Waals surface area contributed by atoms with Crippen LogP contribution in [-0.2, 0) is 0 Å². The van der Waals surface area contributed by atoms with Crippen molar-refractivity contribution < 1.29 is 4.74 Å². The van der Waals surface area contributed by atoms with Crippen molar-refractivity contribution in [2.45, 2.75) is 31.4 Å². The first-order valence-corrected chi connectivity index (χ1v) is 7.35. The van der Waals surface area contributed by atoms with Crippen LogP contribution in [0.2, 0.25) is 10.0 Å². The number of halogens is 2. The molecule has 3 rings (SSSR count). The summed E-state index contributed by atoms with van der Waals surface area (Å²) < 4.78 is 6.34. The van der Waals surface area contributed by atoms with Crippen molar-refractivity contribution in [2.75, 3.05) is 14.1 Å². The predicted octanol–water partition coefficient (Wildman–Crippen LogP) is 4.60. The van der Waals surface area contributed by atoms with Crippen LogP contribution in [0.1, 0.15) is 31.2 Å². The minimum atomic E-state index is -0.331. The highest BCUT2D eigenvalue weighted by Gasteiger charge is 2.43. The Morgan fingerprint density at radius 3 is 2.74 bits per heavy atom. The van der Waals surface area contributed by atoms with Crippen molar-refractivity contribution in [3.05, 3.63) is 33.3 Å². The topological polar surface area (TPSA) is 12.5 Å². The number of hydrogen-bond donors (Lipinski definition) is 0. The van der Waals surface area contributed by atoms with E-state index < -0.39 is 0 Å². The van der Waals surface area contributed by atoms with E-state index in [0.717, 1.165) is 24.2 Å². The summed E-state index contributed by atoms with van der Waals surface area (Å²) in [5.74, 6) is 0.755. The molecule has 1 aromatic rings. The first kappa shape index (κ1) is 13.3. The van der Waals surface area contributed by atoms with E-state index in [1.807, 2.05) is 6.07 Å². The van der Waals surface area contributed by atoms with Crippen LogP contribution in [0, 0.1) is 0 Å². The normalized spacial score (nSPS) is 25.4. The van der Waals surface area contributed by atoms with Gasteiger partial charge in [-0.25, -0.2) is 0 Å². The Labute approximate surface area is 123 Å². The molecule has 0 aromatic heterocycles. The average Bonchev–Trinajstić information content (AvgIpc) is 2.36. The van der Waals surface area contributed by atoms with Crippen LogP contribution in [-0.4, -0.2) is 24.7 Å². The Balaban J connectivity index is 2.16. The highest BCUT2D eigenvalue weighted by atomic mass is 35.5. The van der Waals surface area contributed by atoms with Gasteiger partial charge >= 0.3 is 0 Å². The second-order valence-corrected chi connectivity index (χ2v) is 6.31. The van der Waals surface area contributed by atoms with Crippen molar-refractivity contribution in [1.29, 1.82) is 0 Å². The lowest BCUT2D eigenvalue weighted by Crippen LogP contribution is -2.53. The fourth-order valence-electron chi connectivity index (χ4n) is 3.09. The Hall–Kier alpha value is -0.700. The predicted molar refractivity (Wildman–Crippen MR) is 80.0 cm³/mol. The van der Waals surface area contributed by atoms with Crippen molar-refractivity contribution >= 4 is 29.3 Å². The maximum Gasteiger partial charge on any atom is 0.185 e. The molecule has 1 aromatic carbocycles. The largest absolute Gasteiger partial charge is 0.467 e. The van der Waals surface area contributed by atoms with Gasteiger partial charge in [-0.3, -0.25) is 4.90 Å². The molecule has 1 heterocycles. The molecule has 4 heteroatoms. The summed E-state index contributed by atoms with van der Waals surface area (Å²) in [6.45, 7) is 0. The van der Waals surface area contributed by atoms with Crippen LogP contribution in [0.15, 0.2) is 17.7 Å². The van der Waals surface area contributed by atoms with E-state index in [0.29, 0.717) is 10.0 Å². The van der Waals surface area contributed by atoms with E-state index in [1.165, 1.54) is 18.4 Å². The standard InChI is InChI=1S/C15H17Cl2NO/c1-18(2)15-6-4-3-5-11(15)7-10-8-12(16)9-13(17)14(10)19-15/h7-9H,3-6H2,1-2H3.